The zero-order valence-electron chi connectivity index (χ0n) is 10.3. The third-order valence-electron chi connectivity index (χ3n) is 2.61. The molecule has 18 heavy (non-hydrogen) atoms. The van der Waals surface area contributed by atoms with Gasteiger partial charge in [-0.15, -0.1) is 11.3 Å². The third kappa shape index (κ3) is 3.48. The van der Waals surface area contributed by atoms with Crippen molar-refractivity contribution in [3.63, 3.8) is 0 Å². The van der Waals surface area contributed by atoms with E-state index >= 15 is 0 Å². The molecule has 0 unspecified atom stereocenters. The zero-order valence-corrected chi connectivity index (χ0v) is 12.7. The van der Waals surface area contributed by atoms with E-state index in [1.807, 2.05) is 24.3 Å². The van der Waals surface area contributed by atoms with Gasteiger partial charge in [0.15, 0.2) is 0 Å². The van der Waals surface area contributed by atoms with Gasteiger partial charge in [0.05, 0.1) is 4.34 Å². The minimum absolute atomic E-state index is 0.459. The van der Waals surface area contributed by atoms with Gasteiger partial charge in [-0.2, -0.15) is 0 Å². The van der Waals surface area contributed by atoms with E-state index < -0.39 is 0 Å². The van der Waals surface area contributed by atoms with Crippen LogP contribution in [-0.4, -0.2) is 6.04 Å². The van der Waals surface area contributed by atoms with Crippen molar-refractivity contribution in [3.8, 4) is 10.4 Å². The lowest BCUT2D eigenvalue weighted by Gasteiger charge is -2.12. The summed E-state index contributed by atoms with van der Waals surface area (Å²) in [7, 11) is 0. The molecule has 0 amide bonds. The SMILES string of the molecule is CC(C)NCc1ccc(Cl)cc1-c1ccc(Cl)s1. The van der Waals surface area contributed by atoms with Crippen LogP contribution in [-0.2, 0) is 6.54 Å². The van der Waals surface area contributed by atoms with Gasteiger partial charge < -0.3 is 5.32 Å². The van der Waals surface area contributed by atoms with E-state index in [9.17, 15) is 0 Å². The van der Waals surface area contributed by atoms with Crippen LogP contribution in [0.25, 0.3) is 10.4 Å². The number of rotatable bonds is 4. The van der Waals surface area contributed by atoms with Crippen molar-refractivity contribution in [2.75, 3.05) is 0 Å². The maximum atomic E-state index is 6.09. The normalized spacial score (nSPS) is 11.2. The molecule has 1 heterocycles. The molecule has 0 fully saturated rings. The van der Waals surface area contributed by atoms with E-state index in [0.717, 1.165) is 26.3 Å². The summed E-state index contributed by atoms with van der Waals surface area (Å²) in [5, 5.41) is 4.18. The van der Waals surface area contributed by atoms with Crippen LogP contribution < -0.4 is 5.32 Å². The van der Waals surface area contributed by atoms with Crippen molar-refractivity contribution in [1.82, 2.24) is 5.32 Å². The number of nitrogens with one attached hydrogen (secondary N) is 1. The second-order valence-corrected chi connectivity index (χ2v) is 6.59. The molecular formula is C14H15Cl2NS. The Morgan fingerprint density at radius 1 is 1.17 bits per heavy atom. The maximum Gasteiger partial charge on any atom is 0.0934 e. The van der Waals surface area contributed by atoms with Crippen molar-refractivity contribution < 1.29 is 0 Å². The Morgan fingerprint density at radius 3 is 2.56 bits per heavy atom. The van der Waals surface area contributed by atoms with Crippen LogP contribution in [0.15, 0.2) is 30.3 Å². The molecule has 0 aliphatic rings. The molecule has 0 aliphatic heterocycles. The van der Waals surface area contributed by atoms with E-state index in [1.165, 1.54) is 5.56 Å². The molecule has 4 heteroatoms. The molecule has 0 spiro atoms. The van der Waals surface area contributed by atoms with Crippen LogP contribution in [0.5, 0.6) is 0 Å². The first-order valence-electron chi connectivity index (χ1n) is 5.84. The molecule has 1 aromatic carbocycles. The summed E-state index contributed by atoms with van der Waals surface area (Å²) in [5.41, 5.74) is 2.40. The molecule has 1 N–H and O–H groups in total. The molecule has 1 aromatic heterocycles. The second-order valence-electron chi connectivity index (χ2n) is 4.44. The fourth-order valence-electron chi connectivity index (χ4n) is 1.71. The Balaban J connectivity index is 2.34. The molecule has 2 rings (SSSR count). The smallest absolute Gasteiger partial charge is 0.0934 e. The van der Waals surface area contributed by atoms with Crippen molar-refractivity contribution in [2.24, 2.45) is 0 Å². The summed E-state index contributed by atoms with van der Waals surface area (Å²) in [5.74, 6) is 0. The highest BCUT2D eigenvalue weighted by molar-refractivity contribution is 7.19. The molecule has 0 saturated heterocycles. The molecule has 0 aliphatic carbocycles. The van der Waals surface area contributed by atoms with Crippen LogP contribution in [0, 0.1) is 0 Å². The first kappa shape index (κ1) is 13.9. The first-order valence-corrected chi connectivity index (χ1v) is 7.41. The van der Waals surface area contributed by atoms with Crippen LogP contribution in [0.1, 0.15) is 19.4 Å². The number of hydrogen-bond donors (Lipinski definition) is 1. The van der Waals surface area contributed by atoms with Gasteiger partial charge in [0.2, 0.25) is 0 Å². The van der Waals surface area contributed by atoms with E-state index in [2.05, 4.69) is 25.2 Å². The molecule has 1 nitrogen and oxygen atoms in total. The topological polar surface area (TPSA) is 12.0 Å². The molecule has 2 aromatic rings. The van der Waals surface area contributed by atoms with Crippen molar-refractivity contribution in [3.05, 3.63) is 45.3 Å². The van der Waals surface area contributed by atoms with Gasteiger partial charge in [0, 0.05) is 22.5 Å². The highest BCUT2D eigenvalue weighted by Crippen LogP contribution is 2.34. The highest BCUT2D eigenvalue weighted by Gasteiger charge is 2.09. The fraction of sp³-hybridized carbons (Fsp3) is 0.286. The lowest BCUT2D eigenvalue weighted by Crippen LogP contribution is -2.22. The van der Waals surface area contributed by atoms with Gasteiger partial charge in [0.1, 0.15) is 0 Å². The van der Waals surface area contributed by atoms with E-state index in [-0.39, 0.29) is 0 Å². The largest absolute Gasteiger partial charge is 0.310 e. The molecule has 0 atom stereocenters. The van der Waals surface area contributed by atoms with E-state index in [1.54, 1.807) is 11.3 Å². The summed E-state index contributed by atoms with van der Waals surface area (Å²) in [6.07, 6.45) is 0. The maximum absolute atomic E-state index is 6.09. The highest BCUT2D eigenvalue weighted by atomic mass is 35.5. The number of hydrogen-bond acceptors (Lipinski definition) is 2. The molecule has 96 valence electrons. The quantitative estimate of drug-likeness (QED) is 0.816. The Kier molecular flexibility index (Phi) is 4.68. The van der Waals surface area contributed by atoms with Gasteiger partial charge >= 0.3 is 0 Å². The van der Waals surface area contributed by atoms with Crippen LogP contribution >= 0.6 is 34.5 Å². The van der Waals surface area contributed by atoms with Crippen molar-refractivity contribution in [2.45, 2.75) is 26.4 Å². The molecule has 0 saturated carbocycles. The Labute approximate surface area is 122 Å². The van der Waals surface area contributed by atoms with E-state index in [0.29, 0.717) is 6.04 Å². The number of thiophene rings is 1. The standard InChI is InChI=1S/C14H15Cl2NS/c1-9(2)17-8-10-3-4-11(15)7-12(10)13-5-6-14(16)18-13/h3-7,9,17H,8H2,1-2H3. The predicted molar refractivity (Wildman–Crippen MR) is 81.8 cm³/mol. The molecule has 0 bridgehead atoms. The van der Waals surface area contributed by atoms with Crippen LogP contribution in [0.4, 0.5) is 0 Å². The molecular weight excluding hydrogens is 285 g/mol. The minimum Gasteiger partial charge on any atom is -0.310 e. The summed E-state index contributed by atoms with van der Waals surface area (Å²) in [6, 6.07) is 10.4. The van der Waals surface area contributed by atoms with Gasteiger partial charge in [0.25, 0.3) is 0 Å². The Morgan fingerprint density at radius 2 is 1.94 bits per heavy atom. The second kappa shape index (κ2) is 6.07. The van der Waals surface area contributed by atoms with E-state index in [4.69, 9.17) is 23.2 Å². The van der Waals surface area contributed by atoms with Gasteiger partial charge in [-0.3, -0.25) is 0 Å². The first-order chi connectivity index (χ1) is 8.56. The Hall–Kier alpha value is -0.540. The number of benzene rings is 1. The summed E-state index contributed by atoms with van der Waals surface area (Å²) >= 11 is 13.7. The average molecular weight is 300 g/mol. The van der Waals surface area contributed by atoms with Crippen molar-refractivity contribution in [1.29, 1.82) is 0 Å². The predicted octanol–water partition coefficient (Wildman–Crippen LogP) is 5.22. The van der Waals surface area contributed by atoms with Gasteiger partial charge in [-0.05, 0) is 35.4 Å². The van der Waals surface area contributed by atoms with Crippen LogP contribution in [0.2, 0.25) is 9.36 Å². The lowest BCUT2D eigenvalue weighted by molar-refractivity contribution is 0.589. The van der Waals surface area contributed by atoms with Gasteiger partial charge in [-0.25, -0.2) is 0 Å². The van der Waals surface area contributed by atoms with Crippen LogP contribution in [0.3, 0.4) is 0 Å². The monoisotopic (exact) mass is 299 g/mol. The number of halogens is 2. The lowest BCUT2D eigenvalue weighted by atomic mass is 10.1. The van der Waals surface area contributed by atoms with Gasteiger partial charge in [-0.1, -0.05) is 43.1 Å². The zero-order chi connectivity index (χ0) is 13.1. The summed E-state index contributed by atoms with van der Waals surface area (Å²) < 4.78 is 0.799. The average Bonchev–Trinajstić information content (AvgIpc) is 2.74. The fourth-order valence-corrected chi connectivity index (χ4v) is 2.97. The minimum atomic E-state index is 0.459. The Bertz CT molecular complexity index is 534. The third-order valence-corrected chi connectivity index (χ3v) is 4.11. The summed E-state index contributed by atoms with van der Waals surface area (Å²) in [4.78, 5) is 1.16. The molecule has 0 radical (unpaired) electrons. The summed E-state index contributed by atoms with van der Waals surface area (Å²) in [6.45, 7) is 5.11. The van der Waals surface area contributed by atoms with Crippen molar-refractivity contribution >= 4 is 34.5 Å².